The lowest BCUT2D eigenvalue weighted by molar-refractivity contribution is -0.400. The number of rotatable bonds is 5. The Morgan fingerprint density at radius 1 is 1.29 bits per heavy atom. The van der Waals surface area contributed by atoms with Crippen molar-refractivity contribution in [1.82, 2.24) is 0 Å². The number of nitrogens with zero attached hydrogens (tertiary/aromatic N) is 1. The molecule has 0 aliphatic carbocycles. The summed E-state index contributed by atoms with van der Waals surface area (Å²) in [5.74, 6) is 0.0940. The van der Waals surface area contributed by atoms with E-state index in [0.717, 1.165) is 10.7 Å². The van der Waals surface area contributed by atoms with Gasteiger partial charge in [-0.1, -0.05) is 34.1 Å². The van der Waals surface area contributed by atoms with Gasteiger partial charge in [0.1, 0.15) is 18.2 Å². The summed E-state index contributed by atoms with van der Waals surface area (Å²) in [7, 11) is 0. The lowest BCUT2D eigenvalue weighted by Gasteiger charge is -2.10. The van der Waals surface area contributed by atoms with Crippen molar-refractivity contribution < 1.29 is 14.1 Å². The number of nitro groups is 1. The molecule has 108 valence electrons. The van der Waals surface area contributed by atoms with Crippen LogP contribution in [0.15, 0.2) is 53.1 Å². The normalized spacial score (nSPS) is 10.8. The van der Waals surface area contributed by atoms with Crippen LogP contribution in [0.1, 0.15) is 11.1 Å². The molecule has 4 nitrogen and oxygen atoms in total. The molecule has 2 rings (SSSR count). The Morgan fingerprint density at radius 3 is 2.76 bits per heavy atom. The Labute approximate surface area is 129 Å². The average Bonchev–Trinajstić information content (AvgIpc) is 2.45. The molecule has 0 radical (unpaired) electrons. The summed E-state index contributed by atoms with van der Waals surface area (Å²) in [6.07, 6.45) is 2.17. The molecule has 0 bridgehead atoms. The van der Waals surface area contributed by atoms with Crippen molar-refractivity contribution in [2.24, 2.45) is 0 Å². The van der Waals surface area contributed by atoms with Crippen molar-refractivity contribution in [2.75, 3.05) is 0 Å². The summed E-state index contributed by atoms with van der Waals surface area (Å²) >= 11 is 3.29. The molecule has 0 atom stereocenters. The van der Waals surface area contributed by atoms with Gasteiger partial charge in [-0.15, -0.1) is 0 Å². The minimum Gasteiger partial charge on any atom is -0.488 e. The molecule has 0 fully saturated rings. The first-order valence-corrected chi connectivity index (χ1v) is 6.83. The number of hydrogen-bond donors (Lipinski definition) is 0. The molecule has 0 saturated heterocycles. The zero-order valence-corrected chi connectivity index (χ0v) is 12.4. The first-order chi connectivity index (χ1) is 10.1. The molecule has 0 aliphatic rings. The molecule has 21 heavy (non-hydrogen) atoms. The van der Waals surface area contributed by atoms with Crippen molar-refractivity contribution >= 4 is 22.0 Å². The van der Waals surface area contributed by atoms with Crippen molar-refractivity contribution in [3.8, 4) is 5.75 Å². The van der Waals surface area contributed by atoms with Crippen molar-refractivity contribution in [3.63, 3.8) is 0 Å². The van der Waals surface area contributed by atoms with Gasteiger partial charge in [-0.2, -0.15) is 0 Å². The Morgan fingerprint density at radius 2 is 2.05 bits per heavy atom. The van der Waals surface area contributed by atoms with Crippen LogP contribution in [0, 0.1) is 15.9 Å². The molecule has 0 spiro atoms. The largest absolute Gasteiger partial charge is 0.488 e. The maximum absolute atomic E-state index is 13.5. The van der Waals surface area contributed by atoms with Crippen LogP contribution in [0.2, 0.25) is 0 Å². The Kier molecular flexibility index (Phi) is 5.05. The lowest BCUT2D eigenvalue weighted by Crippen LogP contribution is -1.99. The van der Waals surface area contributed by atoms with Gasteiger partial charge in [-0.3, -0.25) is 10.1 Å². The molecular formula is C15H11BrFNO3. The van der Waals surface area contributed by atoms with Crippen LogP contribution in [0.4, 0.5) is 4.39 Å². The number of benzene rings is 2. The van der Waals surface area contributed by atoms with E-state index in [1.165, 1.54) is 12.1 Å². The van der Waals surface area contributed by atoms with Crippen LogP contribution in [0.5, 0.6) is 5.75 Å². The van der Waals surface area contributed by atoms with Crippen molar-refractivity contribution in [3.05, 3.63) is 80.2 Å². The Bertz CT molecular complexity index is 688. The van der Waals surface area contributed by atoms with E-state index in [9.17, 15) is 14.5 Å². The Hall–Kier alpha value is -2.21. The topological polar surface area (TPSA) is 52.4 Å². The Balaban J connectivity index is 2.20. The molecule has 0 amide bonds. The third kappa shape index (κ3) is 4.39. The van der Waals surface area contributed by atoms with E-state index in [0.29, 0.717) is 16.9 Å². The second kappa shape index (κ2) is 6.99. The first kappa shape index (κ1) is 15.2. The number of halogens is 2. The van der Waals surface area contributed by atoms with Crippen LogP contribution < -0.4 is 4.74 Å². The molecular weight excluding hydrogens is 341 g/mol. The third-order valence-electron chi connectivity index (χ3n) is 2.69. The smallest absolute Gasteiger partial charge is 0.235 e. The average molecular weight is 352 g/mol. The molecule has 0 aliphatic heterocycles. The predicted molar refractivity (Wildman–Crippen MR) is 80.9 cm³/mol. The van der Waals surface area contributed by atoms with Gasteiger partial charge in [0.15, 0.2) is 0 Å². The summed E-state index contributed by atoms with van der Waals surface area (Å²) in [5, 5.41) is 10.4. The van der Waals surface area contributed by atoms with Gasteiger partial charge in [0.2, 0.25) is 6.20 Å². The summed E-state index contributed by atoms with van der Waals surface area (Å²) in [6.45, 7) is 0.0492. The number of hydrogen-bond acceptors (Lipinski definition) is 3. The quantitative estimate of drug-likeness (QED) is 0.592. The molecule has 0 heterocycles. The van der Waals surface area contributed by atoms with E-state index in [4.69, 9.17) is 4.74 Å². The molecule has 0 unspecified atom stereocenters. The van der Waals surface area contributed by atoms with Crippen LogP contribution in [-0.4, -0.2) is 4.92 Å². The monoisotopic (exact) mass is 351 g/mol. The minimum atomic E-state index is -0.554. The molecule has 0 aromatic heterocycles. The molecule has 0 saturated carbocycles. The van der Waals surface area contributed by atoms with E-state index in [2.05, 4.69) is 15.9 Å². The third-order valence-corrected chi connectivity index (χ3v) is 3.18. The lowest BCUT2D eigenvalue weighted by atomic mass is 10.2. The van der Waals surface area contributed by atoms with Crippen molar-refractivity contribution in [2.45, 2.75) is 6.61 Å². The summed E-state index contributed by atoms with van der Waals surface area (Å²) in [4.78, 5) is 9.86. The summed E-state index contributed by atoms with van der Waals surface area (Å²) < 4.78 is 19.8. The highest BCUT2D eigenvalue weighted by atomic mass is 79.9. The van der Waals surface area contributed by atoms with Gasteiger partial charge in [0.05, 0.1) is 4.92 Å². The maximum Gasteiger partial charge on any atom is 0.235 e. The second-order valence-corrected chi connectivity index (χ2v) is 5.08. The summed E-state index contributed by atoms with van der Waals surface area (Å²) in [6, 6.07) is 11.4. The highest BCUT2D eigenvalue weighted by molar-refractivity contribution is 9.10. The van der Waals surface area contributed by atoms with Gasteiger partial charge < -0.3 is 4.74 Å². The molecule has 6 heteroatoms. The van der Waals surface area contributed by atoms with Crippen LogP contribution in [0.25, 0.3) is 6.08 Å². The zero-order chi connectivity index (χ0) is 15.2. The van der Waals surface area contributed by atoms with Gasteiger partial charge >= 0.3 is 0 Å². The molecule has 2 aromatic carbocycles. The SMILES string of the molecule is O=[N+]([O-])/C=C/c1cc(Br)ccc1OCc1ccccc1F. The predicted octanol–water partition coefficient (Wildman–Crippen LogP) is 4.41. The fraction of sp³-hybridized carbons (Fsp3) is 0.0667. The van der Waals surface area contributed by atoms with Gasteiger partial charge in [0.25, 0.3) is 0 Å². The fourth-order valence-electron chi connectivity index (χ4n) is 1.69. The van der Waals surface area contributed by atoms with Crippen LogP contribution >= 0.6 is 15.9 Å². The summed E-state index contributed by atoms with van der Waals surface area (Å²) in [5.41, 5.74) is 0.960. The number of ether oxygens (including phenoxy) is 1. The highest BCUT2D eigenvalue weighted by Gasteiger charge is 2.06. The van der Waals surface area contributed by atoms with E-state index in [1.54, 1.807) is 36.4 Å². The van der Waals surface area contributed by atoms with E-state index in [1.807, 2.05) is 0 Å². The van der Waals surface area contributed by atoms with Crippen molar-refractivity contribution in [1.29, 1.82) is 0 Å². The minimum absolute atomic E-state index is 0.0492. The van der Waals surface area contributed by atoms with Crippen LogP contribution in [-0.2, 0) is 6.61 Å². The highest BCUT2D eigenvalue weighted by Crippen LogP contribution is 2.25. The van der Waals surface area contributed by atoms with Gasteiger partial charge in [0, 0.05) is 21.7 Å². The van der Waals surface area contributed by atoms with E-state index >= 15 is 0 Å². The standard InChI is InChI=1S/C15H11BrFNO3/c16-13-5-6-15(11(9-13)7-8-18(19)20)21-10-12-3-1-2-4-14(12)17/h1-9H,10H2/b8-7+. The first-order valence-electron chi connectivity index (χ1n) is 6.04. The maximum atomic E-state index is 13.5. The van der Waals surface area contributed by atoms with E-state index < -0.39 is 4.92 Å². The van der Waals surface area contributed by atoms with Crippen LogP contribution in [0.3, 0.4) is 0 Å². The van der Waals surface area contributed by atoms with Gasteiger partial charge in [-0.25, -0.2) is 4.39 Å². The zero-order valence-electron chi connectivity index (χ0n) is 10.8. The molecule has 2 aromatic rings. The molecule has 0 N–H and O–H groups in total. The van der Waals surface area contributed by atoms with Gasteiger partial charge in [-0.05, 0) is 24.3 Å². The second-order valence-electron chi connectivity index (χ2n) is 4.16. The van der Waals surface area contributed by atoms with E-state index in [-0.39, 0.29) is 12.4 Å². The fourth-order valence-corrected chi connectivity index (χ4v) is 2.07.